The van der Waals surface area contributed by atoms with Gasteiger partial charge in [-0.25, -0.2) is 4.98 Å². The maximum atomic E-state index is 9.90. The number of rotatable bonds is 10. The lowest BCUT2D eigenvalue weighted by molar-refractivity contribution is -0.00858. The summed E-state index contributed by atoms with van der Waals surface area (Å²) in [6.07, 6.45) is 2.37. The largest absolute Gasteiger partial charge is 0.481 e. The van der Waals surface area contributed by atoms with E-state index in [9.17, 15) is 5.11 Å². The Morgan fingerprint density at radius 3 is 2.76 bits per heavy atom. The molecule has 120 valence electrons. The Labute approximate surface area is 127 Å². The molecule has 1 heterocycles. The molecule has 1 aromatic heterocycles. The van der Waals surface area contributed by atoms with E-state index in [4.69, 9.17) is 9.47 Å². The van der Waals surface area contributed by atoms with E-state index in [2.05, 4.69) is 24.1 Å². The van der Waals surface area contributed by atoms with Crippen molar-refractivity contribution in [3.63, 3.8) is 0 Å². The SMILES string of the molecule is COc1ncccc1CNCC(O)COC(C)CC(C)C. The van der Waals surface area contributed by atoms with Crippen molar-refractivity contribution in [1.29, 1.82) is 0 Å². The summed E-state index contributed by atoms with van der Waals surface area (Å²) in [5.41, 5.74) is 0.973. The van der Waals surface area contributed by atoms with Gasteiger partial charge in [0, 0.05) is 24.8 Å². The highest BCUT2D eigenvalue weighted by Crippen LogP contribution is 2.12. The number of hydrogen-bond acceptors (Lipinski definition) is 5. The van der Waals surface area contributed by atoms with Crippen LogP contribution < -0.4 is 10.1 Å². The van der Waals surface area contributed by atoms with Crippen LogP contribution in [0.15, 0.2) is 18.3 Å². The fourth-order valence-electron chi connectivity index (χ4n) is 2.18. The van der Waals surface area contributed by atoms with Crippen LogP contribution in [0, 0.1) is 5.92 Å². The van der Waals surface area contributed by atoms with Crippen molar-refractivity contribution < 1.29 is 14.6 Å². The number of nitrogens with zero attached hydrogens (tertiary/aromatic N) is 1. The van der Waals surface area contributed by atoms with E-state index in [-0.39, 0.29) is 6.10 Å². The van der Waals surface area contributed by atoms with Crippen LogP contribution in [0.1, 0.15) is 32.8 Å². The smallest absolute Gasteiger partial charge is 0.217 e. The molecule has 0 aliphatic carbocycles. The lowest BCUT2D eigenvalue weighted by Crippen LogP contribution is -2.31. The molecule has 0 fully saturated rings. The summed E-state index contributed by atoms with van der Waals surface area (Å²) in [7, 11) is 1.60. The van der Waals surface area contributed by atoms with Gasteiger partial charge in [0.25, 0.3) is 0 Å². The standard InChI is InChI=1S/C16H28N2O3/c1-12(2)8-13(3)21-11-15(19)10-17-9-14-6-5-7-18-16(14)20-4/h5-7,12-13,15,17,19H,8-11H2,1-4H3. The Morgan fingerprint density at radius 1 is 1.33 bits per heavy atom. The van der Waals surface area contributed by atoms with Gasteiger partial charge < -0.3 is 19.9 Å². The first-order chi connectivity index (χ1) is 10.0. The molecule has 0 radical (unpaired) electrons. The van der Waals surface area contributed by atoms with E-state index in [0.29, 0.717) is 31.5 Å². The van der Waals surface area contributed by atoms with Crippen LogP contribution in [0.3, 0.4) is 0 Å². The Balaban J connectivity index is 2.22. The topological polar surface area (TPSA) is 63.6 Å². The molecule has 2 N–H and O–H groups in total. The number of aliphatic hydroxyl groups excluding tert-OH is 1. The minimum atomic E-state index is -0.512. The van der Waals surface area contributed by atoms with Crippen LogP contribution in [0.5, 0.6) is 5.88 Å². The number of aromatic nitrogens is 1. The third-order valence-corrected chi connectivity index (χ3v) is 3.12. The Hall–Kier alpha value is -1.17. The molecule has 2 unspecified atom stereocenters. The fraction of sp³-hybridized carbons (Fsp3) is 0.688. The van der Waals surface area contributed by atoms with Gasteiger partial charge in [0.1, 0.15) is 0 Å². The van der Waals surface area contributed by atoms with Gasteiger partial charge in [0.2, 0.25) is 5.88 Å². The number of hydrogen-bond donors (Lipinski definition) is 2. The second kappa shape index (κ2) is 9.71. The van der Waals surface area contributed by atoms with Crippen molar-refractivity contribution in [1.82, 2.24) is 10.3 Å². The highest BCUT2D eigenvalue weighted by molar-refractivity contribution is 5.24. The van der Waals surface area contributed by atoms with Crippen LogP contribution in [-0.4, -0.2) is 42.6 Å². The van der Waals surface area contributed by atoms with Crippen LogP contribution in [-0.2, 0) is 11.3 Å². The Morgan fingerprint density at radius 2 is 2.10 bits per heavy atom. The van der Waals surface area contributed by atoms with Gasteiger partial charge >= 0.3 is 0 Å². The number of ether oxygens (including phenoxy) is 2. The van der Waals surface area contributed by atoms with Gasteiger partial charge in [-0.15, -0.1) is 0 Å². The first kappa shape index (κ1) is 17.9. The van der Waals surface area contributed by atoms with Crippen molar-refractivity contribution in [3.05, 3.63) is 23.9 Å². The predicted molar refractivity (Wildman–Crippen MR) is 83.4 cm³/mol. The summed E-state index contributed by atoms with van der Waals surface area (Å²) < 4.78 is 10.8. The number of aliphatic hydroxyl groups is 1. The summed E-state index contributed by atoms with van der Waals surface area (Å²) >= 11 is 0. The Kier molecular flexibility index (Phi) is 8.27. The molecular formula is C16H28N2O3. The molecule has 0 saturated heterocycles. The lowest BCUT2D eigenvalue weighted by atomic mass is 10.1. The zero-order valence-corrected chi connectivity index (χ0v) is 13.5. The minimum Gasteiger partial charge on any atom is -0.481 e. The summed E-state index contributed by atoms with van der Waals surface area (Å²) in [6, 6.07) is 3.82. The van der Waals surface area contributed by atoms with E-state index in [0.717, 1.165) is 12.0 Å². The molecule has 5 heteroatoms. The van der Waals surface area contributed by atoms with Crippen molar-refractivity contribution in [2.24, 2.45) is 5.92 Å². The maximum Gasteiger partial charge on any atom is 0.217 e. The van der Waals surface area contributed by atoms with Crippen LogP contribution >= 0.6 is 0 Å². The van der Waals surface area contributed by atoms with E-state index in [1.807, 2.05) is 19.1 Å². The highest BCUT2D eigenvalue weighted by Gasteiger charge is 2.10. The number of nitrogens with one attached hydrogen (secondary N) is 1. The molecule has 5 nitrogen and oxygen atoms in total. The second-order valence-electron chi connectivity index (χ2n) is 5.73. The summed E-state index contributed by atoms with van der Waals surface area (Å²) in [6.45, 7) is 7.81. The normalized spacial score (nSPS) is 14.2. The second-order valence-corrected chi connectivity index (χ2v) is 5.73. The molecular weight excluding hydrogens is 268 g/mol. The molecule has 0 aliphatic heterocycles. The third-order valence-electron chi connectivity index (χ3n) is 3.12. The van der Waals surface area contributed by atoms with Crippen LogP contribution in [0.2, 0.25) is 0 Å². The van der Waals surface area contributed by atoms with Crippen molar-refractivity contribution in [2.75, 3.05) is 20.3 Å². The van der Waals surface area contributed by atoms with Gasteiger partial charge in [-0.05, 0) is 25.3 Å². The first-order valence-corrected chi connectivity index (χ1v) is 7.51. The summed E-state index contributed by atoms with van der Waals surface area (Å²) in [5.74, 6) is 1.22. The average molecular weight is 296 g/mol. The minimum absolute atomic E-state index is 0.179. The summed E-state index contributed by atoms with van der Waals surface area (Å²) in [5, 5.41) is 13.1. The van der Waals surface area contributed by atoms with Crippen molar-refractivity contribution >= 4 is 0 Å². The zero-order chi connectivity index (χ0) is 15.7. The van der Waals surface area contributed by atoms with E-state index < -0.39 is 6.10 Å². The molecule has 0 aromatic carbocycles. The maximum absolute atomic E-state index is 9.90. The van der Waals surface area contributed by atoms with Crippen LogP contribution in [0.25, 0.3) is 0 Å². The van der Waals surface area contributed by atoms with Crippen molar-refractivity contribution in [3.8, 4) is 5.88 Å². The van der Waals surface area contributed by atoms with Gasteiger partial charge in [-0.1, -0.05) is 19.9 Å². The average Bonchev–Trinajstić information content (AvgIpc) is 2.45. The van der Waals surface area contributed by atoms with Gasteiger partial charge in [0.15, 0.2) is 0 Å². The molecule has 1 rings (SSSR count). The van der Waals surface area contributed by atoms with E-state index in [1.54, 1.807) is 13.3 Å². The van der Waals surface area contributed by atoms with Crippen LogP contribution in [0.4, 0.5) is 0 Å². The predicted octanol–water partition coefficient (Wildman–Crippen LogP) is 1.99. The summed E-state index contributed by atoms with van der Waals surface area (Å²) in [4.78, 5) is 4.13. The van der Waals surface area contributed by atoms with Crippen molar-refractivity contribution in [2.45, 2.75) is 45.9 Å². The first-order valence-electron chi connectivity index (χ1n) is 7.51. The Bertz CT molecular complexity index is 399. The lowest BCUT2D eigenvalue weighted by Gasteiger charge is -2.18. The highest BCUT2D eigenvalue weighted by atomic mass is 16.5. The molecule has 0 spiro atoms. The molecule has 0 aliphatic rings. The molecule has 0 saturated carbocycles. The van der Waals surface area contributed by atoms with Gasteiger partial charge in [-0.3, -0.25) is 0 Å². The molecule has 0 bridgehead atoms. The fourth-order valence-corrected chi connectivity index (χ4v) is 2.18. The molecule has 21 heavy (non-hydrogen) atoms. The third kappa shape index (κ3) is 7.41. The van der Waals surface area contributed by atoms with Gasteiger partial charge in [-0.2, -0.15) is 0 Å². The quantitative estimate of drug-likeness (QED) is 0.691. The molecule has 0 amide bonds. The number of pyridine rings is 1. The zero-order valence-electron chi connectivity index (χ0n) is 13.5. The monoisotopic (exact) mass is 296 g/mol. The number of methoxy groups -OCH3 is 1. The van der Waals surface area contributed by atoms with E-state index >= 15 is 0 Å². The molecule has 2 atom stereocenters. The van der Waals surface area contributed by atoms with E-state index in [1.165, 1.54) is 0 Å². The molecule has 1 aromatic rings. The van der Waals surface area contributed by atoms with Gasteiger partial charge in [0.05, 0.1) is 25.9 Å².